The van der Waals surface area contributed by atoms with E-state index in [4.69, 9.17) is 0 Å². The number of hydrazine groups is 1. The number of carbonyl (C=O) groups excluding carboxylic acids is 1. The van der Waals surface area contributed by atoms with Crippen LogP contribution in [0, 0.1) is 0 Å². The Bertz CT molecular complexity index is 238. The second kappa shape index (κ2) is 6.05. The molecule has 0 aliphatic rings. The zero-order valence-corrected chi connectivity index (χ0v) is 8.36. The summed E-state index contributed by atoms with van der Waals surface area (Å²) >= 11 is 0. The second-order valence-corrected chi connectivity index (χ2v) is 3.01. The van der Waals surface area contributed by atoms with Crippen molar-refractivity contribution in [1.82, 2.24) is 5.43 Å². The van der Waals surface area contributed by atoms with Crippen molar-refractivity contribution in [3.63, 3.8) is 0 Å². The molecule has 0 heterocycles. The molecule has 17 heavy (non-hydrogen) atoms. The SMILES string of the molecule is NNC(=O)CCCOC(C(F)(F)F)C(F)(F)F. The molecule has 0 aromatic rings. The van der Waals surface area contributed by atoms with E-state index in [0.29, 0.717) is 0 Å². The topological polar surface area (TPSA) is 64.3 Å². The van der Waals surface area contributed by atoms with Crippen molar-refractivity contribution in [3.05, 3.63) is 0 Å². The Balaban J connectivity index is 4.17. The van der Waals surface area contributed by atoms with E-state index in [9.17, 15) is 31.1 Å². The number of halogens is 6. The van der Waals surface area contributed by atoms with Crippen LogP contribution in [0.25, 0.3) is 0 Å². The minimum Gasteiger partial charge on any atom is -0.361 e. The standard InChI is InChI=1S/C7H10F6N2O2/c8-6(9,10)5(7(11,12)13)17-3-1-2-4(16)15-14/h5H,1-3,14H2,(H,15,16). The van der Waals surface area contributed by atoms with E-state index in [-0.39, 0.29) is 12.8 Å². The minimum atomic E-state index is -5.53. The first-order valence-electron chi connectivity index (χ1n) is 4.33. The quantitative estimate of drug-likeness (QED) is 0.259. The Hall–Kier alpha value is -1.03. The average molecular weight is 268 g/mol. The van der Waals surface area contributed by atoms with E-state index in [2.05, 4.69) is 10.6 Å². The zero-order valence-electron chi connectivity index (χ0n) is 8.36. The van der Waals surface area contributed by atoms with Crippen molar-refractivity contribution in [2.75, 3.05) is 6.61 Å². The molecular formula is C7H10F6N2O2. The molecule has 0 saturated heterocycles. The number of hydrogen-bond donors (Lipinski definition) is 2. The van der Waals surface area contributed by atoms with Gasteiger partial charge in [0.2, 0.25) is 12.0 Å². The van der Waals surface area contributed by atoms with Crippen molar-refractivity contribution in [2.45, 2.75) is 31.3 Å². The Morgan fingerprint density at radius 1 is 1.18 bits per heavy atom. The number of hydrogen-bond acceptors (Lipinski definition) is 3. The predicted octanol–water partition coefficient (Wildman–Crippen LogP) is 1.27. The fourth-order valence-corrected chi connectivity index (χ4v) is 0.881. The van der Waals surface area contributed by atoms with E-state index >= 15 is 0 Å². The molecule has 0 aromatic heterocycles. The molecule has 0 aromatic carbocycles. The summed E-state index contributed by atoms with van der Waals surface area (Å²) in [6.45, 7) is -0.850. The highest BCUT2D eigenvalue weighted by molar-refractivity contribution is 5.75. The summed E-state index contributed by atoms with van der Waals surface area (Å²) in [6.07, 6.45) is -15.5. The van der Waals surface area contributed by atoms with Gasteiger partial charge in [-0.15, -0.1) is 0 Å². The van der Waals surface area contributed by atoms with Gasteiger partial charge in [0.15, 0.2) is 0 Å². The lowest BCUT2D eigenvalue weighted by molar-refractivity contribution is -0.321. The number of nitrogens with one attached hydrogen (secondary N) is 1. The van der Waals surface area contributed by atoms with Crippen LogP contribution < -0.4 is 11.3 Å². The number of ether oxygens (including phenoxy) is 1. The van der Waals surface area contributed by atoms with Crippen LogP contribution in [0.5, 0.6) is 0 Å². The predicted molar refractivity (Wildman–Crippen MR) is 43.4 cm³/mol. The Kier molecular flexibility index (Phi) is 5.69. The highest BCUT2D eigenvalue weighted by atomic mass is 19.4. The Morgan fingerprint density at radius 3 is 2.00 bits per heavy atom. The molecule has 0 aliphatic carbocycles. The monoisotopic (exact) mass is 268 g/mol. The molecule has 0 atom stereocenters. The van der Waals surface area contributed by atoms with Crippen LogP contribution in [0.2, 0.25) is 0 Å². The van der Waals surface area contributed by atoms with Gasteiger partial charge >= 0.3 is 12.4 Å². The average Bonchev–Trinajstić information content (AvgIpc) is 2.12. The normalized spacial score (nSPS) is 12.9. The second-order valence-electron chi connectivity index (χ2n) is 3.01. The Labute approximate surface area is 92.1 Å². The third kappa shape index (κ3) is 6.31. The van der Waals surface area contributed by atoms with Crippen molar-refractivity contribution in [2.24, 2.45) is 5.84 Å². The van der Waals surface area contributed by atoms with Crippen LogP contribution in [-0.4, -0.2) is 31.0 Å². The lowest BCUT2D eigenvalue weighted by Gasteiger charge is -2.22. The maximum atomic E-state index is 11.9. The lowest BCUT2D eigenvalue weighted by Crippen LogP contribution is -2.44. The number of nitrogens with two attached hydrogens (primary N) is 1. The van der Waals surface area contributed by atoms with Crippen LogP contribution >= 0.6 is 0 Å². The summed E-state index contributed by atoms with van der Waals surface area (Å²) < 4.78 is 75.2. The van der Waals surface area contributed by atoms with Crippen LogP contribution in [0.15, 0.2) is 0 Å². The van der Waals surface area contributed by atoms with Crippen LogP contribution in [-0.2, 0) is 9.53 Å². The number of rotatable bonds is 5. The fraction of sp³-hybridized carbons (Fsp3) is 0.857. The summed E-state index contributed by atoms with van der Waals surface area (Å²) in [7, 11) is 0. The van der Waals surface area contributed by atoms with Gasteiger partial charge in [0.25, 0.3) is 0 Å². The Morgan fingerprint density at radius 2 is 1.65 bits per heavy atom. The van der Waals surface area contributed by atoms with E-state index in [0.717, 1.165) is 0 Å². The van der Waals surface area contributed by atoms with E-state index in [1.54, 1.807) is 5.43 Å². The summed E-state index contributed by atoms with van der Waals surface area (Å²) in [4.78, 5) is 10.5. The van der Waals surface area contributed by atoms with Gasteiger partial charge in [-0.1, -0.05) is 0 Å². The summed E-state index contributed by atoms with van der Waals surface area (Å²) in [6, 6.07) is 0. The third-order valence-electron chi connectivity index (χ3n) is 1.59. The molecular weight excluding hydrogens is 258 g/mol. The molecule has 0 bridgehead atoms. The van der Waals surface area contributed by atoms with Gasteiger partial charge in [-0.3, -0.25) is 10.2 Å². The van der Waals surface area contributed by atoms with Gasteiger partial charge in [0.1, 0.15) is 0 Å². The summed E-state index contributed by atoms with van der Waals surface area (Å²) in [5.74, 6) is 3.95. The van der Waals surface area contributed by atoms with Gasteiger partial charge in [0.05, 0.1) is 0 Å². The van der Waals surface area contributed by atoms with Gasteiger partial charge in [-0.2, -0.15) is 26.3 Å². The van der Waals surface area contributed by atoms with Crippen LogP contribution in [0.3, 0.4) is 0 Å². The molecule has 0 saturated carbocycles. The third-order valence-corrected chi connectivity index (χ3v) is 1.59. The molecule has 0 unspecified atom stereocenters. The summed E-state index contributed by atoms with van der Waals surface area (Å²) in [5, 5.41) is 0. The van der Waals surface area contributed by atoms with E-state index in [1.165, 1.54) is 0 Å². The van der Waals surface area contributed by atoms with Crippen molar-refractivity contribution in [3.8, 4) is 0 Å². The molecule has 0 fully saturated rings. The lowest BCUT2D eigenvalue weighted by atomic mass is 10.3. The van der Waals surface area contributed by atoms with Gasteiger partial charge < -0.3 is 4.74 Å². The molecule has 0 spiro atoms. The first-order chi connectivity index (χ1) is 7.59. The molecule has 102 valence electrons. The van der Waals surface area contributed by atoms with Gasteiger partial charge in [-0.25, -0.2) is 5.84 Å². The van der Waals surface area contributed by atoms with Crippen LogP contribution in [0.4, 0.5) is 26.3 Å². The highest BCUT2D eigenvalue weighted by Gasteiger charge is 2.57. The molecule has 1 amide bonds. The smallest absolute Gasteiger partial charge is 0.361 e. The van der Waals surface area contributed by atoms with E-state index < -0.39 is 31.0 Å². The number of alkyl halides is 6. The molecule has 0 aliphatic heterocycles. The van der Waals surface area contributed by atoms with Gasteiger partial charge in [-0.05, 0) is 6.42 Å². The first-order valence-corrected chi connectivity index (χ1v) is 4.33. The van der Waals surface area contributed by atoms with Crippen molar-refractivity contribution < 1.29 is 35.9 Å². The molecule has 3 N–H and O–H groups in total. The first kappa shape index (κ1) is 16.0. The molecule has 0 rings (SSSR count). The molecule has 4 nitrogen and oxygen atoms in total. The maximum Gasteiger partial charge on any atom is 0.423 e. The molecule has 0 radical (unpaired) electrons. The van der Waals surface area contributed by atoms with Crippen LogP contribution in [0.1, 0.15) is 12.8 Å². The number of carbonyl (C=O) groups is 1. The fourth-order valence-electron chi connectivity index (χ4n) is 0.881. The highest BCUT2D eigenvalue weighted by Crippen LogP contribution is 2.35. The van der Waals surface area contributed by atoms with E-state index in [1.807, 2.05) is 0 Å². The minimum absolute atomic E-state index is 0.300. The van der Waals surface area contributed by atoms with Crippen molar-refractivity contribution >= 4 is 5.91 Å². The summed E-state index contributed by atoms with van der Waals surface area (Å²) in [5.41, 5.74) is 1.67. The van der Waals surface area contributed by atoms with Gasteiger partial charge in [0, 0.05) is 13.0 Å². The number of amides is 1. The zero-order chi connectivity index (χ0) is 13.7. The largest absolute Gasteiger partial charge is 0.423 e. The van der Waals surface area contributed by atoms with Crippen molar-refractivity contribution in [1.29, 1.82) is 0 Å². The molecule has 10 heteroatoms. The maximum absolute atomic E-state index is 11.9.